The lowest BCUT2D eigenvalue weighted by Crippen LogP contribution is -1.97. The molecule has 2 aromatic heterocycles. The van der Waals surface area contributed by atoms with Crippen molar-refractivity contribution >= 4 is 11.0 Å². The summed E-state index contributed by atoms with van der Waals surface area (Å²) in [4.78, 5) is 15.1. The molecule has 0 aliphatic rings. The van der Waals surface area contributed by atoms with E-state index in [4.69, 9.17) is 0 Å². The van der Waals surface area contributed by atoms with Crippen molar-refractivity contribution in [2.45, 2.75) is 6.92 Å². The van der Waals surface area contributed by atoms with Crippen LogP contribution in [0.1, 0.15) is 5.69 Å². The summed E-state index contributed by atoms with van der Waals surface area (Å²) in [5.41, 5.74) is 1.40. The maximum atomic E-state index is 11.0. The maximum absolute atomic E-state index is 11.0. The minimum atomic E-state index is -0.118. The molecule has 2 heterocycles. The molecule has 0 bridgehead atoms. The zero-order chi connectivity index (χ0) is 7.84. The molecule has 0 aliphatic carbocycles. The number of fused-ring (bicyclic) bond motifs is 1. The smallest absolute Gasteiger partial charge is 0.273 e. The summed E-state index contributed by atoms with van der Waals surface area (Å²) in [6, 6.07) is 3.57. The Bertz CT molecular complexity index is 440. The minimum absolute atomic E-state index is 0.118. The molecule has 4 nitrogen and oxygen atoms in total. The van der Waals surface area contributed by atoms with Gasteiger partial charge in [0.15, 0.2) is 5.65 Å². The standard InChI is InChI=1S/C7H7N3O/c1-4-2-3-5-6(8-4)9-10-7(5)11/h2-3H,1H3,(H2,8,9,10,11). The van der Waals surface area contributed by atoms with Gasteiger partial charge in [0.25, 0.3) is 5.56 Å². The molecule has 56 valence electrons. The highest BCUT2D eigenvalue weighted by atomic mass is 16.1. The number of hydrogen-bond acceptors (Lipinski definition) is 2. The SMILES string of the molecule is Cc1ccc2c(=O)[nH][nH]c2n1. The summed E-state index contributed by atoms with van der Waals surface area (Å²) in [6.07, 6.45) is 0. The first-order valence-corrected chi connectivity index (χ1v) is 3.31. The Kier molecular flexibility index (Phi) is 1.09. The largest absolute Gasteiger partial charge is 0.281 e. The van der Waals surface area contributed by atoms with Crippen molar-refractivity contribution in [3.05, 3.63) is 28.2 Å². The van der Waals surface area contributed by atoms with E-state index in [2.05, 4.69) is 15.2 Å². The van der Waals surface area contributed by atoms with Gasteiger partial charge in [0.2, 0.25) is 0 Å². The molecule has 0 aliphatic heterocycles. The van der Waals surface area contributed by atoms with Gasteiger partial charge < -0.3 is 0 Å². The average molecular weight is 149 g/mol. The van der Waals surface area contributed by atoms with Gasteiger partial charge in [-0.25, -0.2) is 4.98 Å². The second kappa shape index (κ2) is 1.95. The second-order valence-corrected chi connectivity index (χ2v) is 2.43. The molecule has 0 aromatic carbocycles. The number of nitrogens with one attached hydrogen (secondary N) is 2. The van der Waals surface area contributed by atoms with Crippen molar-refractivity contribution in [1.82, 2.24) is 15.2 Å². The van der Waals surface area contributed by atoms with Crippen molar-refractivity contribution in [1.29, 1.82) is 0 Å². The Morgan fingerprint density at radius 2 is 2.18 bits per heavy atom. The molecule has 0 spiro atoms. The fourth-order valence-electron chi connectivity index (χ4n) is 1.02. The van der Waals surface area contributed by atoms with Crippen LogP contribution < -0.4 is 5.56 Å². The van der Waals surface area contributed by atoms with Crippen LogP contribution >= 0.6 is 0 Å². The number of aryl methyl sites for hydroxylation is 1. The van der Waals surface area contributed by atoms with Crippen LogP contribution in [0.5, 0.6) is 0 Å². The molecule has 4 heteroatoms. The molecule has 0 amide bonds. The molecule has 0 saturated carbocycles. The molecule has 2 aromatic rings. The van der Waals surface area contributed by atoms with Gasteiger partial charge in [-0.1, -0.05) is 0 Å². The zero-order valence-electron chi connectivity index (χ0n) is 6.01. The number of aromatic nitrogens is 3. The summed E-state index contributed by atoms with van der Waals surface area (Å²) in [6.45, 7) is 1.88. The molecule has 0 fully saturated rings. The van der Waals surface area contributed by atoms with Crippen LogP contribution in [-0.4, -0.2) is 15.2 Å². The van der Waals surface area contributed by atoms with Crippen molar-refractivity contribution in [2.75, 3.05) is 0 Å². The van der Waals surface area contributed by atoms with Crippen LogP contribution in [0.2, 0.25) is 0 Å². The number of aromatic amines is 2. The van der Waals surface area contributed by atoms with Gasteiger partial charge in [-0.2, -0.15) is 0 Å². The lowest BCUT2D eigenvalue weighted by molar-refractivity contribution is 1.06. The Labute approximate surface area is 62.3 Å². The highest BCUT2D eigenvalue weighted by Crippen LogP contribution is 2.02. The molecule has 2 rings (SSSR count). The summed E-state index contributed by atoms with van der Waals surface area (Å²) >= 11 is 0. The van der Waals surface area contributed by atoms with Crippen LogP contribution in [-0.2, 0) is 0 Å². The van der Waals surface area contributed by atoms with Crippen molar-refractivity contribution in [3.63, 3.8) is 0 Å². The van der Waals surface area contributed by atoms with Crippen LogP contribution in [0.3, 0.4) is 0 Å². The van der Waals surface area contributed by atoms with E-state index in [1.165, 1.54) is 0 Å². The fraction of sp³-hybridized carbons (Fsp3) is 0.143. The second-order valence-electron chi connectivity index (χ2n) is 2.43. The van der Waals surface area contributed by atoms with E-state index in [1.54, 1.807) is 6.07 Å². The van der Waals surface area contributed by atoms with Gasteiger partial charge in [0.05, 0.1) is 5.39 Å². The molecule has 0 unspecified atom stereocenters. The maximum Gasteiger partial charge on any atom is 0.273 e. The van der Waals surface area contributed by atoms with E-state index < -0.39 is 0 Å². The number of nitrogens with zero attached hydrogens (tertiary/aromatic N) is 1. The normalized spacial score (nSPS) is 10.6. The Balaban J connectivity index is 2.97. The van der Waals surface area contributed by atoms with E-state index in [1.807, 2.05) is 13.0 Å². The molecule has 0 saturated heterocycles. The monoisotopic (exact) mass is 149 g/mol. The Morgan fingerprint density at radius 3 is 3.00 bits per heavy atom. The number of hydrogen-bond donors (Lipinski definition) is 2. The minimum Gasteiger partial charge on any atom is -0.281 e. The van der Waals surface area contributed by atoms with Crippen LogP contribution in [0, 0.1) is 6.92 Å². The van der Waals surface area contributed by atoms with Gasteiger partial charge in [-0.15, -0.1) is 0 Å². The van der Waals surface area contributed by atoms with Gasteiger partial charge in [0.1, 0.15) is 0 Å². The predicted octanol–water partition coefficient (Wildman–Crippen LogP) is 0.560. The Hall–Kier alpha value is -1.58. The van der Waals surface area contributed by atoms with E-state index in [9.17, 15) is 4.79 Å². The average Bonchev–Trinajstić information content (AvgIpc) is 2.32. The zero-order valence-corrected chi connectivity index (χ0v) is 6.01. The molecule has 11 heavy (non-hydrogen) atoms. The first kappa shape index (κ1) is 6.15. The molecular formula is C7H7N3O. The third kappa shape index (κ3) is 0.832. The Morgan fingerprint density at radius 1 is 1.36 bits per heavy atom. The third-order valence-corrected chi connectivity index (χ3v) is 1.57. The van der Waals surface area contributed by atoms with Crippen LogP contribution in [0.4, 0.5) is 0 Å². The van der Waals surface area contributed by atoms with Crippen molar-refractivity contribution in [3.8, 4) is 0 Å². The van der Waals surface area contributed by atoms with Crippen LogP contribution in [0.25, 0.3) is 11.0 Å². The van der Waals surface area contributed by atoms with Crippen molar-refractivity contribution in [2.24, 2.45) is 0 Å². The lowest BCUT2D eigenvalue weighted by atomic mass is 10.3. The summed E-state index contributed by atoms with van der Waals surface area (Å²) in [5.74, 6) is 0. The van der Waals surface area contributed by atoms with Gasteiger partial charge in [-0.3, -0.25) is 15.0 Å². The quantitative estimate of drug-likeness (QED) is 0.574. The summed E-state index contributed by atoms with van der Waals surface area (Å²) in [7, 11) is 0. The fourth-order valence-corrected chi connectivity index (χ4v) is 1.02. The van der Waals surface area contributed by atoms with E-state index in [0.717, 1.165) is 5.69 Å². The van der Waals surface area contributed by atoms with E-state index >= 15 is 0 Å². The van der Waals surface area contributed by atoms with E-state index in [0.29, 0.717) is 11.0 Å². The number of pyridine rings is 1. The molecule has 0 atom stereocenters. The van der Waals surface area contributed by atoms with Gasteiger partial charge >= 0.3 is 0 Å². The molecule has 0 radical (unpaired) electrons. The highest BCUT2D eigenvalue weighted by Gasteiger charge is 1.99. The highest BCUT2D eigenvalue weighted by molar-refractivity contribution is 5.73. The first-order valence-electron chi connectivity index (χ1n) is 3.31. The van der Waals surface area contributed by atoms with Crippen LogP contribution in [0.15, 0.2) is 16.9 Å². The molecule has 2 N–H and O–H groups in total. The van der Waals surface area contributed by atoms with Crippen molar-refractivity contribution < 1.29 is 0 Å². The number of H-pyrrole nitrogens is 2. The summed E-state index contributed by atoms with van der Waals surface area (Å²) in [5, 5.41) is 5.75. The third-order valence-electron chi connectivity index (χ3n) is 1.57. The lowest BCUT2D eigenvalue weighted by Gasteiger charge is -1.88. The summed E-state index contributed by atoms with van der Waals surface area (Å²) < 4.78 is 0. The van der Waals surface area contributed by atoms with Gasteiger partial charge in [0, 0.05) is 5.69 Å². The topological polar surface area (TPSA) is 61.5 Å². The van der Waals surface area contributed by atoms with E-state index in [-0.39, 0.29) is 5.56 Å². The van der Waals surface area contributed by atoms with Gasteiger partial charge in [-0.05, 0) is 19.1 Å². The number of rotatable bonds is 0. The predicted molar refractivity (Wildman–Crippen MR) is 41.5 cm³/mol. The first-order chi connectivity index (χ1) is 5.27. The molecular weight excluding hydrogens is 142 g/mol.